The molecule has 0 radical (unpaired) electrons. The van der Waals surface area contributed by atoms with Crippen molar-refractivity contribution in [1.82, 2.24) is 9.97 Å². The molecule has 0 unspecified atom stereocenters. The zero-order valence-corrected chi connectivity index (χ0v) is 17.7. The lowest BCUT2D eigenvalue weighted by atomic mass is 10.0. The van der Waals surface area contributed by atoms with E-state index < -0.39 is 17.7 Å². The largest absolute Gasteiger partial charge is 0.454 e. The van der Waals surface area contributed by atoms with Gasteiger partial charge in [-0.2, -0.15) is 13.2 Å². The number of ether oxygens (including phenoxy) is 1. The first kappa shape index (κ1) is 23.3. The smallest absolute Gasteiger partial charge is 0.433 e. The number of carbonyl (C=O) groups excluding carboxylic acids is 2. The van der Waals surface area contributed by atoms with Crippen LogP contribution < -0.4 is 10.1 Å². The number of anilines is 1. The van der Waals surface area contributed by atoms with Crippen LogP contribution >= 0.6 is 0 Å². The number of hydrogen-bond acceptors (Lipinski definition) is 5. The van der Waals surface area contributed by atoms with Gasteiger partial charge in [0.2, 0.25) is 5.91 Å². The van der Waals surface area contributed by atoms with Gasteiger partial charge in [0.1, 0.15) is 23.0 Å². The van der Waals surface area contributed by atoms with Gasteiger partial charge >= 0.3 is 6.18 Å². The van der Waals surface area contributed by atoms with Gasteiger partial charge in [0, 0.05) is 37.2 Å². The van der Waals surface area contributed by atoms with Gasteiger partial charge in [0.05, 0.1) is 0 Å². The highest BCUT2D eigenvalue weighted by molar-refractivity contribution is 5.93. The minimum Gasteiger partial charge on any atom is -0.454 e. The van der Waals surface area contributed by atoms with Crippen molar-refractivity contribution in [3.8, 4) is 11.5 Å². The fraction of sp³-hybridized carbons (Fsp3) is 0.250. The lowest BCUT2D eigenvalue weighted by molar-refractivity contribution is -0.141. The van der Waals surface area contributed by atoms with Gasteiger partial charge in [0.15, 0.2) is 11.6 Å². The van der Waals surface area contributed by atoms with E-state index in [2.05, 4.69) is 15.3 Å². The number of nitrogens with zero attached hydrogens (tertiary/aromatic N) is 2. The number of nitrogens with one attached hydrogen (secondary N) is 1. The zero-order chi connectivity index (χ0) is 24.3. The van der Waals surface area contributed by atoms with E-state index in [0.29, 0.717) is 11.4 Å². The SMILES string of the molecule is O=C(Cc1ccnc(C(F)(F)F)c1)Cc1ccc(Oc2ccnc(NC(=O)C3CC3)c2)c(F)c1. The molecule has 3 aromatic rings. The molecule has 1 saturated carbocycles. The summed E-state index contributed by atoms with van der Waals surface area (Å²) in [6.07, 6.45) is -0.884. The Morgan fingerprint density at radius 2 is 1.68 bits per heavy atom. The molecule has 10 heteroatoms. The molecular formula is C24H19F4N3O3. The van der Waals surface area contributed by atoms with Crippen LogP contribution in [0.3, 0.4) is 0 Å². The number of benzene rings is 1. The van der Waals surface area contributed by atoms with Gasteiger partial charge in [-0.05, 0) is 54.3 Å². The fourth-order valence-corrected chi connectivity index (χ4v) is 3.24. The standard InChI is InChI=1S/C24H19F4N3O3/c25-19-11-14(9-17(32)10-15-5-7-29-21(12-15)24(26,27)28)1-4-20(19)34-18-6-8-30-22(13-18)31-23(33)16-2-3-16/h1,4-8,11-13,16H,2-3,9-10H2,(H,30,31,33). The molecule has 1 aromatic carbocycles. The molecule has 2 heterocycles. The molecule has 0 bridgehead atoms. The molecule has 4 rings (SSSR count). The van der Waals surface area contributed by atoms with E-state index in [4.69, 9.17) is 4.74 Å². The van der Waals surface area contributed by atoms with E-state index in [9.17, 15) is 27.2 Å². The number of ketones is 1. The summed E-state index contributed by atoms with van der Waals surface area (Å²) in [6.45, 7) is 0. The normalized spacial score (nSPS) is 13.4. The third-order valence-electron chi connectivity index (χ3n) is 5.07. The number of pyridine rings is 2. The molecule has 1 N–H and O–H groups in total. The first-order valence-corrected chi connectivity index (χ1v) is 10.4. The Balaban J connectivity index is 1.38. The Bertz CT molecular complexity index is 1230. The molecule has 34 heavy (non-hydrogen) atoms. The van der Waals surface area contributed by atoms with Crippen LogP contribution in [0.1, 0.15) is 29.7 Å². The summed E-state index contributed by atoms with van der Waals surface area (Å²) in [5.41, 5.74) is -0.543. The van der Waals surface area contributed by atoms with Crippen LogP contribution in [0.2, 0.25) is 0 Å². The zero-order valence-electron chi connectivity index (χ0n) is 17.7. The first-order chi connectivity index (χ1) is 16.2. The molecule has 0 spiro atoms. The van der Waals surface area contributed by atoms with Crippen molar-refractivity contribution >= 4 is 17.5 Å². The Kier molecular flexibility index (Phi) is 6.58. The highest BCUT2D eigenvalue weighted by Gasteiger charge is 2.32. The molecule has 1 fully saturated rings. The number of hydrogen-bond donors (Lipinski definition) is 1. The van der Waals surface area contributed by atoms with E-state index >= 15 is 0 Å². The number of aromatic nitrogens is 2. The van der Waals surface area contributed by atoms with E-state index in [0.717, 1.165) is 31.2 Å². The third kappa shape index (κ3) is 6.15. The lowest BCUT2D eigenvalue weighted by Crippen LogP contribution is -2.14. The first-order valence-electron chi connectivity index (χ1n) is 10.4. The predicted molar refractivity (Wildman–Crippen MR) is 114 cm³/mol. The molecule has 2 aromatic heterocycles. The average Bonchev–Trinajstić information content (AvgIpc) is 3.61. The summed E-state index contributed by atoms with van der Waals surface area (Å²) in [5.74, 6) is -0.739. The van der Waals surface area contributed by atoms with Crippen molar-refractivity contribution in [2.75, 3.05) is 5.32 Å². The molecule has 1 aliphatic carbocycles. The maximum atomic E-state index is 14.6. The van der Waals surface area contributed by atoms with E-state index in [1.807, 2.05) is 0 Å². The van der Waals surface area contributed by atoms with Crippen LogP contribution in [-0.4, -0.2) is 21.7 Å². The number of alkyl halides is 3. The fourth-order valence-electron chi connectivity index (χ4n) is 3.24. The molecule has 176 valence electrons. The summed E-state index contributed by atoms with van der Waals surface area (Å²) in [5, 5.41) is 2.68. The summed E-state index contributed by atoms with van der Waals surface area (Å²) in [6, 6.07) is 9.13. The Hall–Kier alpha value is -3.82. The molecular weight excluding hydrogens is 454 g/mol. The van der Waals surface area contributed by atoms with Crippen molar-refractivity contribution in [1.29, 1.82) is 0 Å². The topological polar surface area (TPSA) is 81.2 Å². The van der Waals surface area contributed by atoms with E-state index in [-0.39, 0.29) is 47.5 Å². The highest BCUT2D eigenvalue weighted by Crippen LogP contribution is 2.31. The summed E-state index contributed by atoms with van der Waals surface area (Å²) >= 11 is 0. The van der Waals surface area contributed by atoms with Gasteiger partial charge < -0.3 is 10.1 Å². The second kappa shape index (κ2) is 9.58. The summed E-state index contributed by atoms with van der Waals surface area (Å²) in [7, 11) is 0. The number of amides is 1. The summed E-state index contributed by atoms with van der Waals surface area (Å²) in [4.78, 5) is 31.5. The van der Waals surface area contributed by atoms with Gasteiger partial charge in [-0.25, -0.2) is 9.37 Å². The van der Waals surface area contributed by atoms with Crippen molar-refractivity contribution in [3.05, 3.63) is 77.5 Å². The van der Waals surface area contributed by atoms with E-state index in [1.165, 1.54) is 36.5 Å². The van der Waals surface area contributed by atoms with Crippen molar-refractivity contribution in [2.45, 2.75) is 31.9 Å². The van der Waals surface area contributed by atoms with Crippen LogP contribution in [0.4, 0.5) is 23.4 Å². The maximum absolute atomic E-state index is 14.6. The molecule has 0 atom stereocenters. The Labute approximate surface area is 192 Å². The van der Waals surface area contributed by atoms with Gasteiger partial charge in [-0.3, -0.25) is 14.6 Å². The lowest BCUT2D eigenvalue weighted by Gasteiger charge is -2.10. The van der Waals surface area contributed by atoms with E-state index in [1.54, 1.807) is 0 Å². The third-order valence-corrected chi connectivity index (χ3v) is 5.07. The monoisotopic (exact) mass is 473 g/mol. The minimum atomic E-state index is -4.60. The second-order valence-electron chi connectivity index (χ2n) is 7.95. The second-order valence-corrected chi connectivity index (χ2v) is 7.95. The Morgan fingerprint density at radius 3 is 2.35 bits per heavy atom. The molecule has 6 nitrogen and oxygen atoms in total. The number of carbonyl (C=O) groups is 2. The number of Topliss-reactive ketones (excluding diaryl/α,β-unsaturated/α-hetero) is 1. The minimum absolute atomic E-state index is 0.00400. The van der Waals surface area contributed by atoms with Crippen LogP contribution in [0.15, 0.2) is 54.9 Å². The van der Waals surface area contributed by atoms with Gasteiger partial charge in [-0.1, -0.05) is 6.07 Å². The van der Waals surface area contributed by atoms with Gasteiger partial charge in [-0.15, -0.1) is 0 Å². The highest BCUT2D eigenvalue weighted by atomic mass is 19.4. The number of rotatable bonds is 8. The van der Waals surface area contributed by atoms with Crippen molar-refractivity contribution in [2.24, 2.45) is 5.92 Å². The van der Waals surface area contributed by atoms with Crippen molar-refractivity contribution in [3.63, 3.8) is 0 Å². The van der Waals surface area contributed by atoms with Crippen LogP contribution in [-0.2, 0) is 28.6 Å². The number of halogens is 4. The predicted octanol–water partition coefficient (Wildman–Crippen LogP) is 5.13. The average molecular weight is 473 g/mol. The van der Waals surface area contributed by atoms with Crippen LogP contribution in [0.5, 0.6) is 11.5 Å². The maximum Gasteiger partial charge on any atom is 0.433 e. The molecule has 0 saturated heterocycles. The molecule has 1 amide bonds. The van der Waals surface area contributed by atoms with Crippen molar-refractivity contribution < 1.29 is 31.9 Å². The summed E-state index contributed by atoms with van der Waals surface area (Å²) < 4.78 is 58.5. The van der Waals surface area contributed by atoms with Gasteiger partial charge in [0.25, 0.3) is 0 Å². The van der Waals surface area contributed by atoms with Crippen LogP contribution in [0, 0.1) is 11.7 Å². The molecule has 0 aliphatic heterocycles. The molecule has 1 aliphatic rings. The Morgan fingerprint density at radius 1 is 0.971 bits per heavy atom. The quantitative estimate of drug-likeness (QED) is 0.459. The van der Waals surface area contributed by atoms with Crippen LogP contribution in [0.25, 0.3) is 0 Å².